The number of carbonyl (C=O) groups is 1. The first kappa shape index (κ1) is 11.2. The van der Waals surface area contributed by atoms with Crippen LogP contribution in [0, 0.1) is 0 Å². The van der Waals surface area contributed by atoms with Gasteiger partial charge in [0.2, 0.25) is 0 Å². The number of hydrogen-bond acceptors (Lipinski definition) is 1. The molecule has 0 N–H and O–H groups in total. The van der Waals surface area contributed by atoms with Gasteiger partial charge in [0.05, 0.1) is 0 Å². The second-order valence-corrected chi connectivity index (χ2v) is 1.81. The van der Waals surface area contributed by atoms with E-state index in [2.05, 4.69) is 20.1 Å². The minimum absolute atomic E-state index is 0.307. The van der Waals surface area contributed by atoms with Crippen molar-refractivity contribution in [3.8, 4) is 0 Å². The van der Waals surface area contributed by atoms with Crippen LogP contribution in [0.2, 0.25) is 0 Å². The van der Waals surface area contributed by atoms with Crippen molar-refractivity contribution in [1.82, 2.24) is 0 Å². The molecule has 0 aromatic heterocycles. The van der Waals surface area contributed by atoms with Crippen LogP contribution in [0.15, 0.2) is 13.2 Å². The van der Waals surface area contributed by atoms with Gasteiger partial charge in [-0.05, 0) is 13.3 Å². The van der Waals surface area contributed by atoms with Crippen molar-refractivity contribution >= 4 is 5.78 Å². The predicted octanol–water partition coefficient (Wildman–Crippen LogP) is 2.57. The lowest BCUT2D eigenvalue weighted by Gasteiger charge is -1.86. The van der Waals surface area contributed by atoms with Crippen molar-refractivity contribution in [2.24, 2.45) is 0 Å². The number of rotatable bonds is 3. The maximum atomic E-state index is 10.2. The molecule has 1 heteroatoms. The highest BCUT2D eigenvalue weighted by Gasteiger charge is 1.87. The average molecular weight is 128 g/mol. The van der Waals surface area contributed by atoms with E-state index < -0.39 is 0 Å². The summed E-state index contributed by atoms with van der Waals surface area (Å²) in [7, 11) is 0. The summed E-state index contributed by atoms with van der Waals surface area (Å²) in [6, 6.07) is 0. The average Bonchev–Trinajstić information content (AvgIpc) is 1.88. The Kier molecular flexibility index (Phi) is 13.0. The van der Waals surface area contributed by atoms with Gasteiger partial charge in [-0.2, -0.15) is 0 Å². The van der Waals surface area contributed by atoms with E-state index >= 15 is 0 Å². The molecule has 0 spiro atoms. The fourth-order valence-electron chi connectivity index (χ4n) is 0.426. The number of hydrogen-bond donors (Lipinski definition) is 0. The molecule has 0 aromatic carbocycles. The topological polar surface area (TPSA) is 17.1 Å². The van der Waals surface area contributed by atoms with E-state index in [4.69, 9.17) is 0 Å². The molecule has 0 amide bonds. The van der Waals surface area contributed by atoms with Gasteiger partial charge in [0.1, 0.15) is 5.78 Å². The van der Waals surface area contributed by atoms with Gasteiger partial charge in [0.25, 0.3) is 0 Å². The lowest BCUT2D eigenvalue weighted by Crippen LogP contribution is -1.86. The van der Waals surface area contributed by atoms with Crippen LogP contribution >= 0.6 is 0 Å². The lowest BCUT2D eigenvalue weighted by molar-refractivity contribution is -0.117. The van der Waals surface area contributed by atoms with Crippen LogP contribution in [-0.2, 0) is 4.79 Å². The van der Waals surface area contributed by atoms with Crippen molar-refractivity contribution in [2.75, 3.05) is 0 Å². The molecule has 0 fully saturated rings. The summed E-state index contributed by atoms with van der Waals surface area (Å²) in [5, 5.41) is 0. The third-order valence-electron chi connectivity index (χ3n) is 0.882. The molecule has 0 aromatic rings. The second-order valence-electron chi connectivity index (χ2n) is 1.81. The monoisotopic (exact) mass is 128 g/mol. The van der Waals surface area contributed by atoms with E-state index in [-0.39, 0.29) is 0 Å². The van der Waals surface area contributed by atoms with Gasteiger partial charge in [0, 0.05) is 6.42 Å². The van der Waals surface area contributed by atoms with E-state index in [0.717, 1.165) is 19.3 Å². The van der Waals surface area contributed by atoms with Crippen molar-refractivity contribution in [1.29, 1.82) is 0 Å². The van der Waals surface area contributed by atoms with Crippen LogP contribution < -0.4 is 0 Å². The zero-order chi connectivity index (χ0) is 7.70. The maximum absolute atomic E-state index is 10.2. The summed E-state index contributed by atoms with van der Waals surface area (Å²) in [6.45, 7) is 9.72. The van der Waals surface area contributed by atoms with Gasteiger partial charge in [-0.1, -0.05) is 13.3 Å². The number of unbranched alkanes of at least 4 members (excludes halogenated alkanes) is 1. The summed E-state index contributed by atoms with van der Waals surface area (Å²) in [6.07, 6.45) is 2.94. The molecule has 9 heavy (non-hydrogen) atoms. The van der Waals surface area contributed by atoms with E-state index in [1.807, 2.05) is 0 Å². The van der Waals surface area contributed by atoms with Crippen LogP contribution in [-0.4, -0.2) is 5.78 Å². The molecule has 0 aliphatic rings. The Balaban J connectivity index is 0. The molecule has 1 nitrogen and oxygen atoms in total. The number of ketones is 1. The molecular weight excluding hydrogens is 112 g/mol. The molecule has 0 unspecified atom stereocenters. The number of Topliss-reactive ketones (excluding diaryl/α,β-unsaturated/α-hetero) is 1. The zero-order valence-electron chi connectivity index (χ0n) is 6.44. The molecule has 0 rings (SSSR count). The van der Waals surface area contributed by atoms with Gasteiger partial charge < -0.3 is 4.79 Å². The molecule has 0 aliphatic heterocycles. The van der Waals surface area contributed by atoms with Crippen LogP contribution in [0.25, 0.3) is 0 Å². The Bertz CT molecular complexity index is 67.0. The minimum Gasteiger partial charge on any atom is -0.300 e. The van der Waals surface area contributed by atoms with Gasteiger partial charge in [-0.15, -0.1) is 13.2 Å². The van der Waals surface area contributed by atoms with Crippen molar-refractivity contribution in [3.63, 3.8) is 0 Å². The molecule has 0 saturated heterocycles. The normalized spacial score (nSPS) is 7.33. The lowest BCUT2D eigenvalue weighted by atomic mass is 10.2. The molecule has 54 valence electrons. The highest BCUT2D eigenvalue weighted by Crippen LogP contribution is 1.92. The summed E-state index contributed by atoms with van der Waals surface area (Å²) in [5.41, 5.74) is 0. The molecule has 0 atom stereocenters. The van der Waals surface area contributed by atoms with Gasteiger partial charge >= 0.3 is 0 Å². The second kappa shape index (κ2) is 10.4. The molecule has 0 aliphatic carbocycles. The fourth-order valence-corrected chi connectivity index (χ4v) is 0.426. The summed E-state index contributed by atoms with van der Waals surface area (Å²) >= 11 is 0. The summed E-state index contributed by atoms with van der Waals surface area (Å²) in [5.74, 6) is 0.307. The first-order chi connectivity index (χ1) is 4.27. The van der Waals surface area contributed by atoms with Crippen LogP contribution in [0.3, 0.4) is 0 Å². The third kappa shape index (κ3) is 18.7. The maximum Gasteiger partial charge on any atom is 0.129 e. The Morgan fingerprint density at radius 3 is 2.00 bits per heavy atom. The fraction of sp³-hybridized carbons (Fsp3) is 0.625. The van der Waals surface area contributed by atoms with Crippen LogP contribution in [0.1, 0.15) is 33.1 Å². The summed E-state index contributed by atoms with van der Waals surface area (Å²) in [4.78, 5) is 10.2. The molecule has 0 radical (unpaired) electrons. The largest absolute Gasteiger partial charge is 0.300 e. The van der Waals surface area contributed by atoms with Gasteiger partial charge in [-0.3, -0.25) is 0 Å². The quantitative estimate of drug-likeness (QED) is 0.534. The van der Waals surface area contributed by atoms with Crippen molar-refractivity contribution < 1.29 is 4.79 Å². The molecule has 0 heterocycles. The Morgan fingerprint density at radius 1 is 1.44 bits per heavy atom. The van der Waals surface area contributed by atoms with Crippen molar-refractivity contribution in [3.05, 3.63) is 13.2 Å². The molecule has 0 saturated carbocycles. The Labute approximate surface area is 57.8 Å². The predicted molar refractivity (Wildman–Crippen MR) is 41.5 cm³/mol. The van der Waals surface area contributed by atoms with E-state index in [0.29, 0.717) is 5.78 Å². The summed E-state index contributed by atoms with van der Waals surface area (Å²) < 4.78 is 0. The first-order valence-corrected chi connectivity index (χ1v) is 3.26. The standard InChI is InChI=1S/C6H12O.C2H4/c1-3-4-5-6(2)7;1-2/h3-5H2,1-2H3;1-2H2. The van der Waals surface area contributed by atoms with E-state index in [9.17, 15) is 4.79 Å². The van der Waals surface area contributed by atoms with Crippen LogP contribution in [0.5, 0.6) is 0 Å². The highest BCUT2D eigenvalue weighted by molar-refractivity contribution is 5.75. The smallest absolute Gasteiger partial charge is 0.129 e. The Hall–Kier alpha value is -0.590. The van der Waals surface area contributed by atoms with E-state index in [1.165, 1.54) is 0 Å². The van der Waals surface area contributed by atoms with Gasteiger partial charge in [-0.25, -0.2) is 0 Å². The highest BCUT2D eigenvalue weighted by atomic mass is 16.1. The Morgan fingerprint density at radius 2 is 1.89 bits per heavy atom. The SMILES string of the molecule is C=C.CCCCC(C)=O. The first-order valence-electron chi connectivity index (χ1n) is 3.26. The third-order valence-corrected chi connectivity index (χ3v) is 0.882. The van der Waals surface area contributed by atoms with E-state index in [1.54, 1.807) is 6.92 Å². The van der Waals surface area contributed by atoms with Crippen molar-refractivity contribution in [2.45, 2.75) is 33.1 Å². The zero-order valence-corrected chi connectivity index (χ0v) is 6.44. The molecule has 0 bridgehead atoms. The van der Waals surface area contributed by atoms with Crippen LogP contribution in [0.4, 0.5) is 0 Å². The van der Waals surface area contributed by atoms with Gasteiger partial charge in [0.15, 0.2) is 0 Å². The number of carbonyl (C=O) groups excluding carboxylic acids is 1. The molecular formula is C8H16O. The minimum atomic E-state index is 0.307.